The van der Waals surface area contributed by atoms with Gasteiger partial charge in [0.2, 0.25) is 17.4 Å². The minimum Gasteiger partial charge on any atom is -0.410 e. The summed E-state index contributed by atoms with van der Waals surface area (Å²) in [5, 5.41) is 13.8. The molecule has 0 fully saturated rings. The maximum Gasteiger partial charge on any atom is 0.236 e. The van der Waals surface area contributed by atoms with Crippen LogP contribution in [0.1, 0.15) is 5.82 Å². The van der Waals surface area contributed by atoms with Crippen LogP contribution in [0.2, 0.25) is 0 Å². The third-order valence-electron chi connectivity index (χ3n) is 0.634. The van der Waals surface area contributed by atoms with E-state index in [2.05, 4.69) is 19.8 Å². The molecule has 0 saturated carbocycles. The molecule has 0 atom stereocenters. The van der Waals surface area contributed by atoms with Crippen LogP contribution in [0, 0.1) is 0 Å². The van der Waals surface area contributed by atoms with Crippen LogP contribution in [-0.4, -0.2) is 20.5 Å². The van der Waals surface area contributed by atoms with E-state index in [1.54, 1.807) is 0 Å². The van der Waals surface area contributed by atoms with Crippen LogP contribution in [0.25, 0.3) is 0 Å². The molecule has 1 aromatic rings. The molecule has 0 saturated heterocycles. The largest absolute Gasteiger partial charge is 0.410 e. The zero-order valence-electron chi connectivity index (χ0n) is 4.15. The molecule has 0 spiro atoms. The first-order chi connectivity index (χ1) is 4.34. The lowest BCUT2D eigenvalue weighted by Gasteiger charge is -1.79. The minimum absolute atomic E-state index is 0.0687. The Morgan fingerprint density at radius 1 is 1.89 bits per heavy atom. The third kappa shape index (κ3) is 1.17. The molecule has 0 amide bonds. The minimum atomic E-state index is -0.191. The average molecular weight is 148 g/mol. The van der Waals surface area contributed by atoms with Gasteiger partial charge < -0.3 is 9.73 Å². The zero-order valence-corrected chi connectivity index (χ0v) is 4.91. The highest BCUT2D eigenvalue weighted by atomic mass is 35.5. The summed E-state index contributed by atoms with van der Waals surface area (Å²) in [4.78, 5) is 3.49. The average Bonchev–Trinajstić information content (AvgIpc) is 2.37. The molecular weight excluding hydrogens is 146 g/mol. The normalized spacial score (nSPS) is 11.9. The van der Waals surface area contributed by atoms with Gasteiger partial charge in [0.25, 0.3) is 0 Å². The molecular formula is C3H2ClN3O2. The van der Waals surface area contributed by atoms with Gasteiger partial charge in [-0.3, -0.25) is 0 Å². The number of hydrogen-bond acceptors (Lipinski definition) is 5. The summed E-state index contributed by atoms with van der Waals surface area (Å²) >= 11 is 5.25. The smallest absolute Gasteiger partial charge is 0.236 e. The monoisotopic (exact) mass is 147 g/mol. The number of halogens is 1. The van der Waals surface area contributed by atoms with E-state index in [9.17, 15) is 0 Å². The Labute approximate surface area is 54.9 Å². The molecule has 1 rings (SSSR count). The van der Waals surface area contributed by atoms with Gasteiger partial charge >= 0.3 is 0 Å². The number of nitrogens with zero attached hydrogens (tertiary/aromatic N) is 3. The molecule has 1 aromatic heterocycles. The van der Waals surface area contributed by atoms with Crippen molar-refractivity contribution in [1.82, 2.24) is 10.1 Å². The van der Waals surface area contributed by atoms with Crippen LogP contribution < -0.4 is 0 Å². The van der Waals surface area contributed by atoms with Gasteiger partial charge in [-0.15, -0.1) is 0 Å². The number of hydrogen-bond donors (Lipinski definition) is 1. The first-order valence-corrected chi connectivity index (χ1v) is 2.36. The Morgan fingerprint density at radius 2 is 2.67 bits per heavy atom. The molecule has 1 heterocycles. The molecule has 0 aliphatic heterocycles. The van der Waals surface area contributed by atoms with E-state index in [0.717, 1.165) is 6.39 Å². The Balaban J connectivity index is 2.90. The van der Waals surface area contributed by atoms with Crippen molar-refractivity contribution in [1.29, 1.82) is 0 Å². The first-order valence-electron chi connectivity index (χ1n) is 1.99. The van der Waals surface area contributed by atoms with Gasteiger partial charge in [-0.05, 0) is 0 Å². The predicted molar refractivity (Wildman–Crippen MR) is 28.5 cm³/mol. The lowest BCUT2D eigenvalue weighted by Crippen LogP contribution is -1.92. The number of aromatic nitrogens is 2. The second-order valence-corrected chi connectivity index (χ2v) is 1.50. The third-order valence-corrected chi connectivity index (χ3v) is 0.878. The molecule has 0 bridgehead atoms. The van der Waals surface area contributed by atoms with E-state index < -0.39 is 0 Å². The molecule has 0 aliphatic rings. The van der Waals surface area contributed by atoms with Crippen LogP contribution in [0.4, 0.5) is 0 Å². The lowest BCUT2D eigenvalue weighted by atomic mass is 10.7. The van der Waals surface area contributed by atoms with Crippen molar-refractivity contribution in [2.24, 2.45) is 5.16 Å². The summed E-state index contributed by atoms with van der Waals surface area (Å²) in [6.07, 6.45) is 1.09. The molecule has 0 aromatic carbocycles. The van der Waals surface area contributed by atoms with E-state index in [1.807, 2.05) is 0 Å². The second kappa shape index (κ2) is 2.45. The summed E-state index contributed by atoms with van der Waals surface area (Å²) in [7, 11) is 0. The van der Waals surface area contributed by atoms with Gasteiger partial charge in [-0.1, -0.05) is 21.9 Å². The van der Waals surface area contributed by atoms with E-state index in [0.29, 0.717) is 0 Å². The number of rotatable bonds is 1. The van der Waals surface area contributed by atoms with Crippen LogP contribution in [0.5, 0.6) is 0 Å². The second-order valence-electron chi connectivity index (χ2n) is 1.15. The highest BCUT2D eigenvalue weighted by molar-refractivity contribution is 6.68. The van der Waals surface area contributed by atoms with Crippen molar-refractivity contribution in [2.45, 2.75) is 0 Å². The fourth-order valence-corrected chi connectivity index (χ4v) is 0.390. The molecule has 0 unspecified atom stereocenters. The van der Waals surface area contributed by atoms with Crippen LogP contribution >= 0.6 is 11.6 Å². The molecule has 48 valence electrons. The van der Waals surface area contributed by atoms with Crippen molar-refractivity contribution < 1.29 is 9.73 Å². The summed E-state index contributed by atoms with van der Waals surface area (Å²) < 4.78 is 4.30. The van der Waals surface area contributed by atoms with Crippen molar-refractivity contribution >= 4 is 16.8 Å². The Morgan fingerprint density at radius 3 is 3.11 bits per heavy atom. The Kier molecular flexibility index (Phi) is 1.64. The molecule has 6 heteroatoms. The quantitative estimate of drug-likeness (QED) is 0.356. The van der Waals surface area contributed by atoms with Crippen molar-refractivity contribution in [2.75, 3.05) is 0 Å². The van der Waals surface area contributed by atoms with Gasteiger partial charge in [-0.2, -0.15) is 4.98 Å². The maximum absolute atomic E-state index is 8.04. The highest BCUT2D eigenvalue weighted by Crippen LogP contribution is 1.95. The van der Waals surface area contributed by atoms with Gasteiger partial charge in [0.15, 0.2) is 0 Å². The van der Waals surface area contributed by atoms with E-state index in [1.165, 1.54) is 0 Å². The van der Waals surface area contributed by atoms with Gasteiger partial charge in [-0.25, -0.2) is 0 Å². The SMILES string of the molecule is ON=C(Cl)c1ncon1. The van der Waals surface area contributed by atoms with Crippen molar-refractivity contribution in [3.8, 4) is 0 Å². The van der Waals surface area contributed by atoms with E-state index >= 15 is 0 Å². The van der Waals surface area contributed by atoms with Crippen LogP contribution in [0.3, 0.4) is 0 Å². The fourth-order valence-electron chi connectivity index (χ4n) is 0.306. The highest BCUT2D eigenvalue weighted by Gasteiger charge is 2.03. The lowest BCUT2D eigenvalue weighted by molar-refractivity contribution is 0.320. The molecule has 0 radical (unpaired) electrons. The summed E-state index contributed by atoms with van der Waals surface area (Å²) in [5.41, 5.74) is 0. The van der Waals surface area contributed by atoms with Crippen molar-refractivity contribution in [3.05, 3.63) is 12.2 Å². The van der Waals surface area contributed by atoms with Crippen LogP contribution in [-0.2, 0) is 0 Å². The Hall–Kier alpha value is -1.10. The standard InChI is InChI=1S/C3H2ClN3O2/c4-2(6-8)3-5-1-9-7-3/h1,8H. The van der Waals surface area contributed by atoms with Gasteiger partial charge in [0.1, 0.15) is 0 Å². The van der Waals surface area contributed by atoms with Gasteiger partial charge in [0.05, 0.1) is 0 Å². The summed E-state index contributed by atoms with van der Waals surface area (Å²) in [6.45, 7) is 0. The van der Waals surface area contributed by atoms with E-state index in [-0.39, 0.29) is 11.0 Å². The predicted octanol–water partition coefficient (Wildman–Crippen LogP) is 0.444. The van der Waals surface area contributed by atoms with E-state index in [4.69, 9.17) is 16.8 Å². The first kappa shape index (κ1) is 6.03. The fraction of sp³-hybridized carbons (Fsp3) is 0. The Bertz CT molecular complexity index is 207. The summed E-state index contributed by atoms with van der Waals surface area (Å²) in [6, 6.07) is 0. The molecule has 9 heavy (non-hydrogen) atoms. The maximum atomic E-state index is 8.04. The van der Waals surface area contributed by atoms with Gasteiger partial charge in [0, 0.05) is 0 Å². The molecule has 5 nitrogen and oxygen atoms in total. The van der Waals surface area contributed by atoms with Crippen LogP contribution in [0.15, 0.2) is 16.1 Å². The van der Waals surface area contributed by atoms with Crippen molar-refractivity contribution in [3.63, 3.8) is 0 Å². The topological polar surface area (TPSA) is 71.5 Å². The molecule has 0 aliphatic carbocycles. The molecule has 1 N–H and O–H groups in total. The summed E-state index contributed by atoms with van der Waals surface area (Å²) in [5.74, 6) is 0.0687. The zero-order chi connectivity index (χ0) is 6.69. The number of oxime groups is 1.